The second-order valence-corrected chi connectivity index (χ2v) is 8.30. The van der Waals surface area contributed by atoms with Crippen molar-refractivity contribution in [1.29, 1.82) is 5.26 Å². The molecule has 0 saturated carbocycles. The fourth-order valence-corrected chi connectivity index (χ4v) is 4.19. The number of aromatic nitrogens is 4. The third-order valence-electron chi connectivity index (χ3n) is 5.98. The van der Waals surface area contributed by atoms with E-state index < -0.39 is 6.04 Å². The van der Waals surface area contributed by atoms with Crippen LogP contribution in [0.15, 0.2) is 78.3 Å². The maximum absolute atomic E-state index is 13.6. The van der Waals surface area contributed by atoms with Crippen LogP contribution in [0.2, 0.25) is 0 Å². The average Bonchev–Trinajstić information content (AvgIpc) is 3.36. The Bertz CT molecular complexity index is 1510. The van der Waals surface area contributed by atoms with Crippen LogP contribution >= 0.6 is 0 Å². The summed E-state index contributed by atoms with van der Waals surface area (Å²) in [7, 11) is 3.15. The van der Waals surface area contributed by atoms with Gasteiger partial charge in [-0.3, -0.25) is 9.78 Å². The molecule has 3 heterocycles. The molecule has 1 atom stereocenters. The normalized spacial score (nSPS) is 14.3. The van der Waals surface area contributed by atoms with Gasteiger partial charge in [-0.15, -0.1) is 5.10 Å². The van der Waals surface area contributed by atoms with Gasteiger partial charge >= 0.3 is 0 Å². The third-order valence-corrected chi connectivity index (χ3v) is 5.98. The summed E-state index contributed by atoms with van der Waals surface area (Å²) in [5.74, 6) is 1.80. The number of carbonyl (C=O) groups is 1. The van der Waals surface area contributed by atoms with Gasteiger partial charge in [0.05, 0.1) is 43.3 Å². The van der Waals surface area contributed by atoms with E-state index in [9.17, 15) is 10.1 Å². The first-order valence-electron chi connectivity index (χ1n) is 11.4. The smallest absolute Gasteiger partial charge is 0.255 e. The van der Waals surface area contributed by atoms with Crippen molar-refractivity contribution in [3.8, 4) is 29.0 Å². The molecule has 1 aliphatic rings. The molecule has 5 rings (SSSR count). The van der Waals surface area contributed by atoms with Gasteiger partial charge in [-0.25, -0.2) is 4.68 Å². The maximum atomic E-state index is 13.6. The number of allylic oxidation sites excluding steroid dienone is 1. The molecule has 4 aromatic rings. The van der Waals surface area contributed by atoms with Crippen molar-refractivity contribution in [2.45, 2.75) is 13.0 Å². The fourth-order valence-electron chi connectivity index (χ4n) is 4.19. The van der Waals surface area contributed by atoms with E-state index in [-0.39, 0.29) is 5.91 Å². The molecule has 2 aromatic heterocycles. The van der Waals surface area contributed by atoms with Gasteiger partial charge in [-0.05, 0) is 48.9 Å². The SMILES string of the molecule is COc1cc(OC)cc(-c2nc3n(n2)C(c2ccc(C#N)cc2)C(C(=O)Nc2cccnc2)=C(C)N3)c1. The largest absolute Gasteiger partial charge is 0.497 e. The van der Waals surface area contributed by atoms with Gasteiger partial charge < -0.3 is 20.1 Å². The van der Waals surface area contributed by atoms with E-state index in [1.807, 2.05) is 31.2 Å². The Morgan fingerprint density at radius 3 is 2.46 bits per heavy atom. The monoisotopic (exact) mass is 493 g/mol. The number of nitriles is 1. The maximum Gasteiger partial charge on any atom is 0.255 e. The van der Waals surface area contributed by atoms with E-state index in [1.54, 1.807) is 61.6 Å². The Labute approximate surface area is 213 Å². The number of nitrogens with zero attached hydrogens (tertiary/aromatic N) is 5. The van der Waals surface area contributed by atoms with Crippen LogP contribution in [0.1, 0.15) is 24.1 Å². The minimum atomic E-state index is -0.602. The first kappa shape index (κ1) is 23.6. The van der Waals surface area contributed by atoms with Gasteiger partial charge in [0, 0.05) is 23.5 Å². The highest BCUT2D eigenvalue weighted by Crippen LogP contribution is 2.38. The van der Waals surface area contributed by atoms with Gasteiger partial charge in [-0.1, -0.05) is 12.1 Å². The van der Waals surface area contributed by atoms with E-state index in [2.05, 4.69) is 21.7 Å². The lowest BCUT2D eigenvalue weighted by Crippen LogP contribution is -2.31. The summed E-state index contributed by atoms with van der Waals surface area (Å²) in [5, 5.41) is 20.2. The first-order chi connectivity index (χ1) is 18.0. The van der Waals surface area contributed by atoms with Crippen molar-refractivity contribution in [3.05, 3.63) is 89.4 Å². The summed E-state index contributed by atoms with van der Waals surface area (Å²) in [5.41, 5.74) is 3.64. The van der Waals surface area contributed by atoms with Crippen LogP contribution in [0.4, 0.5) is 11.6 Å². The minimum Gasteiger partial charge on any atom is -0.497 e. The molecular weight excluding hydrogens is 470 g/mol. The minimum absolute atomic E-state index is 0.307. The predicted octanol–water partition coefficient (Wildman–Crippen LogP) is 4.16. The number of nitrogens with one attached hydrogen (secondary N) is 2. The second-order valence-electron chi connectivity index (χ2n) is 8.30. The number of benzene rings is 2. The molecular formula is C27H23N7O3. The molecule has 2 N–H and O–H groups in total. The van der Waals surface area contributed by atoms with E-state index in [1.165, 1.54) is 0 Å². The van der Waals surface area contributed by atoms with E-state index in [0.29, 0.717) is 51.4 Å². The second kappa shape index (κ2) is 9.83. The number of pyridine rings is 1. The molecule has 0 saturated heterocycles. The summed E-state index contributed by atoms with van der Waals surface area (Å²) in [6, 6.07) is 17.5. The summed E-state index contributed by atoms with van der Waals surface area (Å²) in [6.45, 7) is 1.82. The van der Waals surface area contributed by atoms with Crippen LogP contribution in [0, 0.1) is 11.3 Å². The van der Waals surface area contributed by atoms with Crippen molar-refractivity contribution < 1.29 is 14.3 Å². The summed E-state index contributed by atoms with van der Waals surface area (Å²) in [4.78, 5) is 22.3. The topological polar surface area (TPSA) is 127 Å². The number of fused-ring (bicyclic) bond motifs is 1. The molecule has 10 nitrogen and oxygen atoms in total. The lowest BCUT2D eigenvalue weighted by atomic mass is 9.94. The van der Waals surface area contributed by atoms with Gasteiger partial charge in [-0.2, -0.15) is 10.2 Å². The highest BCUT2D eigenvalue weighted by Gasteiger charge is 2.34. The summed E-state index contributed by atoms with van der Waals surface area (Å²) in [6.07, 6.45) is 3.22. The Morgan fingerprint density at radius 2 is 1.84 bits per heavy atom. The number of rotatable bonds is 6. The van der Waals surface area contributed by atoms with Crippen LogP contribution in [-0.2, 0) is 4.79 Å². The number of methoxy groups -OCH3 is 2. The lowest BCUT2D eigenvalue weighted by Gasteiger charge is -2.28. The molecule has 0 radical (unpaired) electrons. The molecule has 0 aliphatic carbocycles. The molecule has 0 bridgehead atoms. The summed E-state index contributed by atoms with van der Waals surface area (Å²) < 4.78 is 12.5. The highest BCUT2D eigenvalue weighted by molar-refractivity contribution is 6.06. The Balaban J connectivity index is 1.61. The van der Waals surface area contributed by atoms with E-state index >= 15 is 0 Å². The van der Waals surface area contributed by atoms with Gasteiger partial charge in [0.15, 0.2) is 5.82 Å². The average molecular weight is 494 g/mol. The van der Waals surface area contributed by atoms with Crippen molar-refractivity contribution in [2.24, 2.45) is 0 Å². The molecule has 184 valence electrons. The van der Waals surface area contributed by atoms with Crippen LogP contribution in [0.3, 0.4) is 0 Å². The van der Waals surface area contributed by atoms with E-state index in [4.69, 9.17) is 19.6 Å². The highest BCUT2D eigenvalue weighted by atomic mass is 16.5. The third kappa shape index (κ3) is 4.58. The number of amides is 1. The van der Waals surface area contributed by atoms with Crippen molar-refractivity contribution in [2.75, 3.05) is 24.9 Å². The van der Waals surface area contributed by atoms with Gasteiger partial charge in [0.25, 0.3) is 5.91 Å². The molecule has 0 fully saturated rings. The van der Waals surface area contributed by atoms with Crippen LogP contribution in [-0.4, -0.2) is 39.9 Å². The summed E-state index contributed by atoms with van der Waals surface area (Å²) >= 11 is 0. The van der Waals surface area contributed by atoms with Crippen LogP contribution in [0.25, 0.3) is 11.4 Å². The number of hydrogen-bond acceptors (Lipinski definition) is 8. The van der Waals surface area contributed by atoms with Crippen LogP contribution in [0.5, 0.6) is 11.5 Å². The number of ether oxygens (including phenoxy) is 2. The van der Waals surface area contributed by atoms with Crippen LogP contribution < -0.4 is 20.1 Å². The Kier molecular flexibility index (Phi) is 6.26. The zero-order chi connectivity index (χ0) is 25.9. The molecule has 1 amide bonds. The zero-order valence-corrected chi connectivity index (χ0v) is 20.4. The first-order valence-corrected chi connectivity index (χ1v) is 11.4. The van der Waals surface area contributed by atoms with Crippen molar-refractivity contribution in [1.82, 2.24) is 19.7 Å². The standard InChI is InChI=1S/C27H23N7O3/c1-16-23(26(35)31-20-5-4-10-29-15-20)24(18-8-6-17(14-28)7-9-18)34-27(30-16)32-25(33-34)19-11-21(36-2)13-22(12-19)37-3/h4-13,15,24H,1-3H3,(H,31,35)(H,30,32,33). The Morgan fingerprint density at radius 1 is 1.11 bits per heavy atom. The van der Waals surface area contributed by atoms with Crippen molar-refractivity contribution in [3.63, 3.8) is 0 Å². The molecule has 10 heteroatoms. The van der Waals surface area contributed by atoms with Gasteiger partial charge in [0.1, 0.15) is 17.5 Å². The predicted molar refractivity (Wildman–Crippen MR) is 137 cm³/mol. The molecule has 37 heavy (non-hydrogen) atoms. The molecule has 1 aliphatic heterocycles. The van der Waals surface area contributed by atoms with E-state index in [0.717, 1.165) is 5.56 Å². The molecule has 2 aromatic carbocycles. The molecule has 0 spiro atoms. The zero-order valence-electron chi connectivity index (χ0n) is 20.4. The Hall–Kier alpha value is -5.17. The van der Waals surface area contributed by atoms with Crippen molar-refractivity contribution >= 4 is 17.5 Å². The number of carbonyl (C=O) groups excluding carboxylic acids is 1. The van der Waals surface area contributed by atoms with Gasteiger partial charge in [0.2, 0.25) is 5.95 Å². The quantitative estimate of drug-likeness (QED) is 0.410. The lowest BCUT2D eigenvalue weighted by molar-refractivity contribution is -0.113. The molecule has 1 unspecified atom stereocenters. The number of hydrogen-bond donors (Lipinski definition) is 2. The fraction of sp³-hybridized carbons (Fsp3) is 0.148. The number of anilines is 2.